The van der Waals surface area contributed by atoms with E-state index in [2.05, 4.69) is 58.3 Å². The molecule has 0 unspecified atom stereocenters. The van der Waals surface area contributed by atoms with E-state index in [-0.39, 0.29) is 12.1 Å². The maximum absolute atomic E-state index is 12.8. The monoisotopic (exact) mass is 557 g/mol. The summed E-state index contributed by atoms with van der Waals surface area (Å²) in [5, 5.41) is 0. The number of para-hydroxylation sites is 1. The number of anilines is 1. The molecule has 1 aliphatic heterocycles. The normalized spacial score (nSPS) is 14.8. The summed E-state index contributed by atoms with van der Waals surface area (Å²) < 4.78 is 17.8. The van der Waals surface area contributed by atoms with Crippen molar-refractivity contribution in [3.8, 4) is 11.1 Å². The molecule has 1 saturated heterocycles. The van der Waals surface area contributed by atoms with Gasteiger partial charge in [-0.2, -0.15) is 0 Å². The lowest BCUT2D eigenvalue weighted by Gasteiger charge is -2.37. The molecule has 0 aliphatic carbocycles. The van der Waals surface area contributed by atoms with Gasteiger partial charge < -0.3 is 18.8 Å². The van der Waals surface area contributed by atoms with Crippen molar-refractivity contribution in [2.75, 3.05) is 31.1 Å². The topological polar surface area (TPSA) is 77.1 Å². The van der Waals surface area contributed by atoms with Crippen molar-refractivity contribution in [3.05, 3.63) is 88.9 Å². The SMILES string of the molecule is CC(C)(C)C(C)(C)OC(=O)OCn1c(=O)oc2c(N3CCN(Cc4cccc(-c5ccccc5)c4)CC3)cccc21. The van der Waals surface area contributed by atoms with Crippen molar-refractivity contribution in [2.45, 2.75) is 53.5 Å². The highest BCUT2D eigenvalue weighted by molar-refractivity contribution is 5.87. The van der Waals surface area contributed by atoms with Gasteiger partial charge in [0.05, 0.1) is 11.2 Å². The van der Waals surface area contributed by atoms with Crippen LogP contribution in [0, 0.1) is 5.41 Å². The smallest absolute Gasteiger partial charge is 0.428 e. The van der Waals surface area contributed by atoms with Crippen LogP contribution in [0.15, 0.2) is 82.0 Å². The molecule has 216 valence electrons. The average Bonchev–Trinajstić information content (AvgIpc) is 3.27. The van der Waals surface area contributed by atoms with E-state index in [0.29, 0.717) is 11.1 Å². The van der Waals surface area contributed by atoms with Crippen LogP contribution in [0.5, 0.6) is 0 Å². The van der Waals surface area contributed by atoms with Crippen molar-refractivity contribution in [1.82, 2.24) is 9.47 Å². The Morgan fingerprint density at radius 2 is 1.54 bits per heavy atom. The standard InChI is InChI=1S/C33H39N3O5/c1-32(2,3)33(4,5)41-31(38)39-23-36-28-16-10-15-27(29(28)40-30(36)37)35-19-17-34(18-20-35)22-24-11-9-14-26(21-24)25-12-7-6-8-13-25/h6-16,21H,17-20,22-23H2,1-5H3. The second-order valence-corrected chi connectivity index (χ2v) is 12.1. The van der Waals surface area contributed by atoms with Crippen LogP contribution >= 0.6 is 0 Å². The number of piperazine rings is 1. The van der Waals surface area contributed by atoms with E-state index in [0.717, 1.165) is 38.4 Å². The van der Waals surface area contributed by atoms with E-state index >= 15 is 0 Å². The number of carbonyl (C=O) groups is 1. The Hall–Kier alpha value is -4.04. The number of rotatable bonds is 7. The van der Waals surface area contributed by atoms with Gasteiger partial charge in [-0.15, -0.1) is 0 Å². The Labute approximate surface area is 241 Å². The Bertz CT molecular complexity index is 1560. The molecule has 0 spiro atoms. The minimum atomic E-state index is -0.826. The highest BCUT2D eigenvalue weighted by Crippen LogP contribution is 2.33. The minimum absolute atomic E-state index is 0.281. The number of oxazole rings is 1. The second-order valence-electron chi connectivity index (χ2n) is 12.1. The Balaban J connectivity index is 1.23. The molecular weight excluding hydrogens is 518 g/mol. The van der Waals surface area contributed by atoms with Gasteiger partial charge >= 0.3 is 11.9 Å². The summed E-state index contributed by atoms with van der Waals surface area (Å²) in [5.74, 6) is -0.577. The lowest BCUT2D eigenvalue weighted by molar-refractivity contribution is -0.0787. The Morgan fingerprint density at radius 1 is 0.854 bits per heavy atom. The van der Waals surface area contributed by atoms with Crippen molar-refractivity contribution < 1.29 is 18.7 Å². The van der Waals surface area contributed by atoms with Crippen LogP contribution in [-0.2, 0) is 22.7 Å². The molecule has 0 amide bonds. The van der Waals surface area contributed by atoms with Crippen LogP contribution in [-0.4, -0.2) is 47.4 Å². The predicted molar refractivity (Wildman–Crippen MR) is 161 cm³/mol. The highest BCUT2D eigenvalue weighted by atomic mass is 16.7. The molecule has 1 aromatic heterocycles. The molecule has 0 radical (unpaired) electrons. The van der Waals surface area contributed by atoms with Crippen LogP contribution in [0.3, 0.4) is 0 Å². The summed E-state index contributed by atoms with van der Waals surface area (Å²) in [6, 6.07) is 24.8. The van der Waals surface area contributed by atoms with Crippen LogP contribution in [0.25, 0.3) is 22.2 Å². The lowest BCUT2D eigenvalue weighted by atomic mass is 9.79. The van der Waals surface area contributed by atoms with E-state index in [1.165, 1.54) is 21.3 Å². The van der Waals surface area contributed by atoms with Gasteiger partial charge in [-0.25, -0.2) is 14.2 Å². The summed E-state index contributed by atoms with van der Waals surface area (Å²) in [6.07, 6.45) is -0.826. The van der Waals surface area contributed by atoms with Crippen LogP contribution in [0.4, 0.5) is 10.5 Å². The zero-order chi connectivity index (χ0) is 29.2. The summed E-state index contributed by atoms with van der Waals surface area (Å²) in [4.78, 5) is 29.9. The number of carbonyl (C=O) groups excluding carboxylic acids is 1. The molecule has 41 heavy (non-hydrogen) atoms. The van der Waals surface area contributed by atoms with Gasteiger partial charge in [-0.05, 0) is 48.7 Å². The number of benzene rings is 3. The van der Waals surface area contributed by atoms with Crippen molar-refractivity contribution >= 4 is 22.9 Å². The molecule has 2 heterocycles. The third-order valence-corrected chi connectivity index (χ3v) is 8.28. The first-order valence-corrected chi connectivity index (χ1v) is 14.1. The first kappa shape index (κ1) is 28.5. The largest absolute Gasteiger partial charge is 0.510 e. The highest BCUT2D eigenvalue weighted by Gasteiger charge is 2.37. The third-order valence-electron chi connectivity index (χ3n) is 8.28. The van der Waals surface area contributed by atoms with Crippen LogP contribution < -0.4 is 10.7 Å². The van der Waals surface area contributed by atoms with E-state index in [1.807, 2.05) is 52.8 Å². The van der Waals surface area contributed by atoms with Crippen molar-refractivity contribution in [3.63, 3.8) is 0 Å². The summed E-state index contributed by atoms with van der Waals surface area (Å²) in [6.45, 7) is 13.6. The first-order chi connectivity index (χ1) is 19.5. The van der Waals surface area contributed by atoms with Gasteiger partial charge in [0.1, 0.15) is 5.60 Å². The van der Waals surface area contributed by atoms with Gasteiger partial charge in [0.2, 0.25) is 0 Å². The quantitative estimate of drug-likeness (QED) is 0.240. The van der Waals surface area contributed by atoms with Crippen molar-refractivity contribution in [2.24, 2.45) is 5.41 Å². The predicted octanol–water partition coefficient (Wildman–Crippen LogP) is 6.52. The summed E-state index contributed by atoms with van der Waals surface area (Å²) in [7, 11) is 0. The Kier molecular flexibility index (Phi) is 7.95. The molecule has 8 nitrogen and oxygen atoms in total. The van der Waals surface area contributed by atoms with Crippen LogP contribution in [0.2, 0.25) is 0 Å². The van der Waals surface area contributed by atoms with Crippen molar-refractivity contribution in [1.29, 1.82) is 0 Å². The molecule has 1 fully saturated rings. The molecule has 5 rings (SSSR count). The summed E-state index contributed by atoms with van der Waals surface area (Å²) >= 11 is 0. The molecule has 0 bridgehead atoms. The fourth-order valence-electron chi connectivity index (χ4n) is 4.84. The van der Waals surface area contributed by atoms with Gasteiger partial charge in [0.15, 0.2) is 12.3 Å². The number of ether oxygens (including phenoxy) is 2. The second kappa shape index (κ2) is 11.4. The van der Waals surface area contributed by atoms with E-state index in [4.69, 9.17) is 13.9 Å². The fraction of sp³-hybridized carbons (Fsp3) is 0.394. The van der Waals surface area contributed by atoms with E-state index in [9.17, 15) is 9.59 Å². The molecular formula is C33H39N3O5. The Morgan fingerprint density at radius 3 is 2.24 bits per heavy atom. The number of fused-ring (bicyclic) bond motifs is 1. The number of nitrogens with zero attached hydrogens (tertiary/aromatic N) is 3. The maximum Gasteiger partial charge on any atom is 0.510 e. The minimum Gasteiger partial charge on any atom is -0.428 e. The number of hydrogen-bond donors (Lipinski definition) is 0. The molecule has 0 atom stereocenters. The van der Waals surface area contributed by atoms with Gasteiger partial charge in [-0.1, -0.05) is 75.4 Å². The van der Waals surface area contributed by atoms with Crippen LogP contribution in [0.1, 0.15) is 40.2 Å². The third kappa shape index (κ3) is 6.33. The first-order valence-electron chi connectivity index (χ1n) is 14.1. The molecule has 8 heteroatoms. The number of aromatic nitrogens is 1. The molecule has 0 saturated carbocycles. The fourth-order valence-corrected chi connectivity index (χ4v) is 4.84. The van der Waals surface area contributed by atoms with Gasteiger partial charge in [0.25, 0.3) is 0 Å². The molecule has 1 aliphatic rings. The average molecular weight is 558 g/mol. The molecule has 3 aromatic carbocycles. The maximum atomic E-state index is 12.8. The molecule has 0 N–H and O–H groups in total. The zero-order valence-electron chi connectivity index (χ0n) is 24.6. The number of hydrogen-bond acceptors (Lipinski definition) is 7. The lowest BCUT2D eigenvalue weighted by Crippen LogP contribution is -2.46. The zero-order valence-corrected chi connectivity index (χ0v) is 24.6. The summed E-state index contributed by atoms with van der Waals surface area (Å²) in [5.41, 5.74) is 4.64. The van der Waals surface area contributed by atoms with Gasteiger partial charge in [-0.3, -0.25) is 4.90 Å². The van der Waals surface area contributed by atoms with E-state index < -0.39 is 17.5 Å². The van der Waals surface area contributed by atoms with Gasteiger partial charge in [0, 0.05) is 38.1 Å². The van der Waals surface area contributed by atoms with E-state index in [1.54, 1.807) is 6.07 Å². The molecule has 4 aromatic rings.